The topological polar surface area (TPSA) is 58.2 Å². The Morgan fingerprint density at radius 2 is 1.75 bits per heavy atom. The zero-order valence-corrected chi connectivity index (χ0v) is 14.9. The lowest BCUT2D eigenvalue weighted by atomic mass is 9.97. The van der Waals surface area contributed by atoms with Gasteiger partial charge >= 0.3 is 11.8 Å². The minimum Gasteiger partial charge on any atom is -0.318 e. The molecular weight excluding hydrogens is 320 g/mol. The highest BCUT2D eigenvalue weighted by Crippen LogP contribution is 2.26. The number of thioether (sulfide) groups is 1. The molecule has 0 saturated heterocycles. The number of hydrogen-bond donors (Lipinski definition) is 2. The van der Waals surface area contributed by atoms with E-state index in [1.807, 2.05) is 48.7 Å². The molecule has 0 aliphatic heterocycles. The highest BCUT2D eigenvalue weighted by molar-refractivity contribution is 7.98. The van der Waals surface area contributed by atoms with E-state index in [0.29, 0.717) is 17.3 Å². The molecule has 2 amide bonds. The van der Waals surface area contributed by atoms with Crippen molar-refractivity contribution in [2.75, 3.05) is 16.9 Å². The first-order valence-corrected chi connectivity index (χ1v) is 9.13. The van der Waals surface area contributed by atoms with Crippen molar-refractivity contribution in [2.24, 2.45) is 0 Å². The third-order valence-electron chi connectivity index (χ3n) is 3.89. The summed E-state index contributed by atoms with van der Waals surface area (Å²) in [4.78, 5) is 25.4. The highest BCUT2D eigenvalue weighted by Gasteiger charge is 2.17. The summed E-state index contributed by atoms with van der Waals surface area (Å²) in [7, 11) is 0. The fourth-order valence-electron chi connectivity index (χ4n) is 2.33. The molecule has 2 aromatic carbocycles. The third-order valence-corrected chi connectivity index (χ3v) is 4.61. The average molecular weight is 342 g/mol. The lowest BCUT2D eigenvalue weighted by Crippen LogP contribution is -2.29. The predicted octanol–water partition coefficient (Wildman–Crippen LogP) is 4.50. The molecule has 5 heteroatoms. The van der Waals surface area contributed by atoms with Crippen molar-refractivity contribution in [2.45, 2.75) is 31.1 Å². The Morgan fingerprint density at radius 3 is 2.46 bits per heavy atom. The van der Waals surface area contributed by atoms with Crippen molar-refractivity contribution < 1.29 is 9.59 Å². The fraction of sp³-hybridized carbons (Fsp3) is 0.263. The fourth-order valence-corrected chi connectivity index (χ4v) is 2.79. The first-order chi connectivity index (χ1) is 11.5. The minimum atomic E-state index is -0.674. The van der Waals surface area contributed by atoms with Crippen LogP contribution < -0.4 is 10.6 Å². The lowest BCUT2D eigenvalue weighted by Gasteiger charge is -2.15. The number of carbonyl (C=O) groups excluding carboxylic acids is 2. The Hall–Kier alpha value is -2.27. The third kappa shape index (κ3) is 4.61. The molecule has 0 radical (unpaired) electrons. The van der Waals surface area contributed by atoms with Gasteiger partial charge in [0.2, 0.25) is 0 Å². The molecule has 0 aliphatic rings. The van der Waals surface area contributed by atoms with Gasteiger partial charge < -0.3 is 10.6 Å². The second kappa shape index (κ2) is 8.55. The number of hydrogen-bond acceptors (Lipinski definition) is 3. The van der Waals surface area contributed by atoms with Crippen LogP contribution in [0.5, 0.6) is 0 Å². The van der Waals surface area contributed by atoms with Gasteiger partial charge in [-0.2, -0.15) is 0 Å². The Labute approximate surface area is 147 Å². The first-order valence-electron chi connectivity index (χ1n) is 7.90. The van der Waals surface area contributed by atoms with Gasteiger partial charge in [-0.3, -0.25) is 9.59 Å². The molecule has 1 unspecified atom stereocenters. The van der Waals surface area contributed by atoms with Gasteiger partial charge in [-0.1, -0.05) is 38.1 Å². The van der Waals surface area contributed by atoms with Crippen LogP contribution in [0.2, 0.25) is 0 Å². The number of carbonyl (C=O) groups is 2. The maximum atomic E-state index is 12.2. The van der Waals surface area contributed by atoms with Crippen LogP contribution >= 0.6 is 11.8 Å². The van der Waals surface area contributed by atoms with Gasteiger partial charge in [0, 0.05) is 16.3 Å². The molecule has 1 atom stereocenters. The van der Waals surface area contributed by atoms with Crippen molar-refractivity contribution in [3.8, 4) is 0 Å². The summed E-state index contributed by atoms with van der Waals surface area (Å²) >= 11 is 1.58. The molecule has 2 aromatic rings. The van der Waals surface area contributed by atoms with Crippen LogP contribution in [-0.4, -0.2) is 18.1 Å². The molecule has 4 nitrogen and oxygen atoms in total. The van der Waals surface area contributed by atoms with E-state index in [2.05, 4.69) is 24.5 Å². The van der Waals surface area contributed by atoms with Crippen LogP contribution in [0.1, 0.15) is 31.7 Å². The lowest BCUT2D eigenvalue weighted by molar-refractivity contribution is -0.133. The second-order valence-corrected chi connectivity index (χ2v) is 6.42. The van der Waals surface area contributed by atoms with E-state index in [4.69, 9.17) is 0 Å². The van der Waals surface area contributed by atoms with E-state index >= 15 is 0 Å². The van der Waals surface area contributed by atoms with E-state index in [-0.39, 0.29) is 0 Å². The summed E-state index contributed by atoms with van der Waals surface area (Å²) in [6.45, 7) is 4.19. The number of para-hydroxylation sites is 1. The SMILES string of the molecule is CCC(C)c1ccccc1NC(=O)C(=O)Nc1cccc(SC)c1. The van der Waals surface area contributed by atoms with E-state index < -0.39 is 11.8 Å². The van der Waals surface area contributed by atoms with Gasteiger partial charge in [-0.15, -0.1) is 11.8 Å². The largest absolute Gasteiger partial charge is 0.318 e. The van der Waals surface area contributed by atoms with Crippen LogP contribution in [0.3, 0.4) is 0 Å². The molecular formula is C19H22N2O2S. The van der Waals surface area contributed by atoms with Crippen molar-refractivity contribution >= 4 is 35.0 Å². The number of rotatable bonds is 5. The summed E-state index contributed by atoms with van der Waals surface area (Å²) < 4.78 is 0. The molecule has 0 bridgehead atoms. The molecule has 0 fully saturated rings. The zero-order chi connectivity index (χ0) is 17.5. The Balaban J connectivity index is 2.08. The van der Waals surface area contributed by atoms with Crippen LogP contribution in [0.25, 0.3) is 0 Å². The Kier molecular flexibility index (Phi) is 6.44. The summed E-state index contributed by atoms with van der Waals surface area (Å²) in [6, 6.07) is 15.0. The summed E-state index contributed by atoms with van der Waals surface area (Å²) in [5, 5.41) is 5.35. The van der Waals surface area contributed by atoms with Gasteiger partial charge in [-0.25, -0.2) is 0 Å². The highest BCUT2D eigenvalue weighted by atomic mass is 32.2. The molecule has 126 valence electrons. The van der Waals surface area contributed by atoms with Gasteiger partial charge in [0.05, 0.1) is 0 Å². The van der Waals surface area contributed by atoms with Crippen molar-refractivity contribution in [1.29, 1.82) is 0 Å². The summed E-state index contributed by atoms with van der Waals surface area (Å²) in [6.07, 6.45) is 2.92. The number of nitrogens with one attached hydrogen (secondary N) is 2. The van der Waals surface area contributed by atoms with Gasteiger partial charge in [-0.05, 0) is 48.4 Å². The van der Waals surface area contributed by atoms with E-state index in [9.17, 15) is 9.59 Å². The van der Waals surface area contributed by atoms with E-state index in [1.165, 1.54) is 0 Å². The monoisotopic (exact) mass is 342 g/mol. The Bertz CT molecular complexity index is 731. The molecule has 0 heterocycles. The molecule has 2 rings (SSSR count). The van der Waals surface area contributed by atoms with Gasteiger partial charge in [0.15, 0.2) is 0 Å². The van der Waals surface area contributed by atoms with Crippen LogP contribution in [0.4, 0.5) is 11.4 Å². The van der Waals surface area contributed by atoms with Crippen molar-refractivity contribution in [1.82, 2.24) is 0 Å². The van der Waals surface area contributed by atoms with Crippen LogP contribution in [0.15, 0.2) is 53.4 Å². The molecule has 0 spiro atoms. The average Bonchev–Trinajstić information content (AvgIpc) is 2.61. The van der Waals surface area contributed by atoms with Gasteiger partial charge in [0.1, 0.15) is 0 Å². The quantitative estimate of drug-likeness (QED) is 0.621. The van der Waals surface area contributed by atoms with Crippen molar-refractivity contribution in [3.05, 3.63) is 54.1 Å². The van der Waals surface area contributed by atoms with E-state index in [1.54, 1.807) is 17.8 Å². The molecule has 2 N–H and O–H groups in total. The second-order valence-electron chi connectivity index (χ2n) is 5.54. The number of benzene rings is 2. The zero-order valence-electron chi connectivity index (χ0n) is 14.1. The molecule has 24 heavy (non-hydrogen) atoms. The molecule has 0 aliphatic carbocycles. The Morgan fingerprint density at radius 1 is 1.04 bits per heavy atom. The molecule has 0 aromatic heterocycles. The minimum absolute atomic E-state index is 0.308. The number of anilines is 2. The summed E-state index contributed by atoms with van der Waals surface area (Å²) in [5.41, 5.74) is 2.33. The standard InChI is InChI=1S/C19H22N2O2S/c1-4-13(2)16-10-5-6-11-17(16)21-19(23)18(22)20-14-8-7-9-15(12-14)24-3/h5-13H,4H2,1-3H3,(H,20,22)(H,21,23). The van der Waals surface area contributed by atoms with E-state index in [0.717, 1.165) is 16.9 Å². The maximum Gasteiger partial charge on any atom is 0.314 e. The maximum absolute atomic E-state index is 12.2. The first kappa shape index (κ1) is 18.1. The summed E-state index contributed by atoms with van der Waals surface area (Å²) in [5.74, 6) is -1.03. The molecule has 0 saturated carbocycles. The van der Waals surface area contributed by atoms with Crippen molar-refractivity contribution in [3.63, 3.8) is 0 Å². The van der Waals surface area contributed by atoms with Crippen LogP contribution in [-0.2, 0) is 9.59 Å². The van der Waals surface area contributed by atoms with Crippen LogP contribution in [0, 0.1) is 0 Å². The number of amides is 2. The normalized spacial score (nSPS) is 11.6. The predicted molar refractivity (Wildman–Crippen MR) is 101 cm³/mol. The van der Waals surface area contributed by atoms with Gasteiger partial charge in [0.25, 0.3) is 0 Å². The smallest absolute Gasteiger partial charge is 0.314 e.